The molecule has 1 fully saturated rings. The lowest BCUT2D eigenvalue weighted by Gasteiger charge is -2.32. The summed E-state index contributed by atoms with van der Waals surface area (Å²) in [5.41, 5.74) is 0.177. The molecule has 19 heavy (non-hydrogen) atoms. The molecule has 0 saturated heterocycles. The van der Waals surface area contributed by atoms with Gasteiger partial charge < -0.3 is 15.7 Å². The van der Waals surface area contributed by atoms with Crippen LogP contribution in [0.5, 0.6) is 0 Å². The van der Waals surface area contributed by atoms with Gasteiger partial charge in [-0.15, -0.1) is 0 Å². The van der Waals surface area contributed by atoms with Crippen molar-refractivity contribution in [3.05, 3.63) is 30.3 Å². The minimum Gasteiger partial charge on any atom is -0.389 e. The van der Waals surface area contributed by atoms with Crippen molar-refractivity contribution in [2.45, 2.75) is 37.7 Å². The Morgan fingerprint density at radius 2 is 1.84 bits per heavy atom. The Labute approximate surface area is 114 Å². The quantitative estimate of drug-likeness (QED) is 0.759. The lowest BCUT2D eigenvalue weighted by Crippen LogP contribution is -2.44. The Kier molecular flexibility index (Phi) is 4.93. The monoisotopic (exact) mass is 262 g/mol. The zero-order chi connectivity index (χ0) is 13.6. The molecule has 1 aliphatic rings. The van der Waals surface area contributed by atoms with Gasteiger partial charge in [-0.2, -0.15) is 0 Å². The summed E-state index contributed by atoms with van der Waals surface area (Å²) in [7, 11) is 0. The van der Waals surface area contributed by atoms with E-state index >= 15 is 0 Å². The Morgan fingerprint density at radius 1 is 1.16 bits per heavy atom. The minimum atomic E-state index is -0.620. The number of amides is 1. The predicted octanol–water partition coefficient (Wildman–Crippen LogP) is 1.91. The fourth-order valence-corrected chi connectivity index (χ4v) is 2.52. The highest BCUT2D eigenvalue weighted by atomic mass is 16.3. The molecule has 0 bridgehead atoms. The van der Waals surface area contributed by atoms with Crippen LogP contribution in [0.1, 0.15) is 32.1 Å². The number of carbonyl (C=O) groups is 1. The molecule has 0 unspecified atom stereocenters. The molecular formula is C15H22N2O2. The molecule has 1 amide bonds. The van der Waals surface area contributed by atoms with Gasteiger partial charge in [-0.3, -0.25) is 4.79 Å². The van der Waals surface area contributed by atoms with Gasteiger partial charge in [0.15, 0.2) is 0 Å². The summed E-state index contributed by atoms with van der Waals surface area (Å²) in [6.45, 7) is 0.729. The highest BCUT2D eigenvalue weighted by Gasteiger charge is 2.28. The first-order valence-corrected chi connectivity index (χ1v) is 6.96. The van der Waals surface area contributed by atoms with Gasteiger partial charge in [0, 0.05) is 12.2 Å². The molecule has 2 rings (SSSR count). The normalized spacial score (nSPS) is 17.9. The third-order valence-corrected chi connectivity index (χ3v) is 3.58. The van der Waals surface area contributed by atoms with Crippen LogP contribution < -0.4 is 10.6 Å². The van der Waals surface area contributed by atoms with E-state index in [1.165, 1.54) is 6.42 Å². The Morgan fingerprint density at radius 3 is 2.53 bits per heavy atom. The Hall–Kier alpha value is -1.39. The lowest BCUT2D eigenvalue weighted by molar-refractivity contribution is -0.115. The van der Waals surface area contributed by atoms with Crippen LogP contribution >= 0.6 is 0 Å². The Balaban J connectivity index is 1.69. The minimum absolute atomic E-state index is 0.0781. The van der Waals surface area contributed by atoms with E-state index in [0.29, 0.717) is 6.54 Å². The molecule has 0 radical (unpaired) electrons. The van der Waals surface area contributed by atoms with E-state index in [0.717, 1.165) is 31.4 Å². The van der Waals surface area contributed by atoms with Crippen molar-refractivity contribution in [1.29, 1.82) is 0 Å². The van der Waals surface area contributed by atoms with Gasteiger partial charge in [-0.1, -0.05) is 37.5 Å². The smallest absolute Gasteiger partial charge is 0.238 e. The SMILES string of the molecule is O=C(CNCC1(O)CCCCC1)Nc1ccccc1. The average Bonchev–Trinajstić information content (AvgIpc) is 2.40. The number of para-hydroxylation sites is 1. The zero-order valence-corrected chi connectivity index (χ0v) is 11.2. The summed E-state index contributed by atoms with van der Waals surface area (Å²) in [5.74, 6) is -0.0781. The van der Waals surface area contributed by atoms with Crippen LogP contribution in [0.25, 0.3) is 0 Å². The number of rotatable bonds is 5. The number of nitrogens with one attached hydrogen (secondary N) is 2. The van der Waals surface area contributed by atoms with Crippen LogP contribution in [0.4, 0.5) is 5.69 Å². The van der Waals surface area contributed by atoms with Crippen LogP contribution in [-0.2, 0) is 4.79 Å². The van der Waals surface area contributed by atoms with E-state index in [1.54, 1.807) is 0 Å². The van der Waals surface area contributed by atoms with Crippen molar-refractivity contribution in [2.24, 2.45) is 0 Å². The van der Waals surface area contributed by atoms with E-state index in [-0.39, 0.29) is 12.5 Å². The van der Waals surface area contributed by atoms with Gasteiger partial charge in [-0.05, 0) is 25.0 Å². The van der Waals surface area contributed by atoms with Crippen LogP contribution in [0.15, 0.2) is 30.3 Å². The van der Waals surface area contributed by atoms with E-state index < -0.39 is 5.60 Å². The predicted molar refractivity (Wildman–Crippen MR) is 76.0 cm³/mol. The molecule has 1 aromatic rings. The molecule has 0 atom stereocenters. The number of benzene rings is 1. The number of hydrogen-bond donors (Lipinski definition) is 3. The van der Waals surface area contributed by atoms with Gasteiger partial charge in [-0.25, -0.2) is 0 Å². The van der Waals surface area contributed by atoms with Crippen molar-refractivity contribution >= 4 is 11.6 Å². The summed E-state index contributed by atoms with van der Waals surface area (Å²) in [4.78, 5) is 11.7. The number of aliphatic hydroxyl groups is 1. The molecule has 0 spiro atoms. The molecule has 1 aliphatic carbocycles. The van der Waals surface area contributed by atoms with E-state index in [1.807, 2.05) is 30.3 Å². The van der Waals surface area contributed by atoms with Crippen LogP contribution in [0.2, 0.25) is 0 Å². The highest BCUT2D eigenvalue weighted by molar-refractivity contribution is 5.92. The molecule has 4 heteroatoms. The van der Waals surface area contributed by atoms with Crippen LogP contribution in [-0.4, -0.2) is 29.7 Å². The van der Waals surface area contributed by atoms with E-state index in [4.69, 9.17) is 0 Å². The Bertz CT molecular complexity index is 400. The third-order valence-electron chi connectivity index (χ3n) is 3.58. The van der Waals surface area contributed by atoms with Crippen molar-refractivity contribution in [2.75, 3.05) is 18.4 Å². The molecule has 104 valence electrons. The molecule has 0 aliphatic heterocycles. The molecule has 0 heterocycles. The summed E-state index contributed by atoms with van der Waals surface area (Å²) in [5, 5.41) is 16.1. The first kappa shape index (κ1) is 14.0. The highest BCUT2D eigenvalue weighted by Crippen LogP contribution is 2.27. The maximum atomic E-state index is 11.7. The molecule has 0 aromatic heterocycles. The maximum absolute atomic E-state index is 11.7. The summed E-state index contributed by atoms with van der Waals surface area (Å²) >= 11 is 0. The molecule has 4 nitrogen and oxygen atoms in total. The second-order valence-corrected chi connectivity index (χ2v) is 5.30. The lowest BCUT2D eigenvalue weighted by atomic mass is 9.85. The standard InChI is InChI=1S/C15H22N2O2/c18-14(17-13-7-3-1-4-8-13)11-16-12-15(19)9-5-2-6-10-15/h1,3-4,7-8,16,19H,2,5-6,9-12H2,(H,17,18). The number of anilines is 1. The molecular weight excluding hydrogens is 240 g/mol. The average molecular weight is 262 g/mol. The van der Waals surface area contributed by atoms with Gasteiger partial charge in [0.25, 0.3) is 0 Å². The maximum Gasteiger partial charge on any atom is 0.238 e. The second-order valence-electron chi connectivity index (χ2n) is 5.30. The summed E-state index contributed by atoms with van der Waals surface area (Å²) in [6.07, 6.45) is 5.03. The largest absolute Gasteiger partial charge is 0.389 e. The van der Waals surface area contributed by atoms with Crippen LogP contribution in [0, 0.1) is 0 Å². The van der Waals surface area contributed by atoms with E-state index in [9.17, 15) is 9.90 Å². The second kappa shape index (κ2) is 6.68. The van der Waals surface area contributed by atoms with Gasteiger partial charge in [0.1, 0.15) is 0 Å². The van der Waals surface area contributed by atoms with Gasteiger partial charge in [0.2, 0.25) is 5.91 Å². The van der Waals surface area contributed by atoms with Crippen molar-refractivity contribution in [1.82, 2.24) is 5.32 Å². The van der Waals surface area contributed by atoms with Gasteiger partial charge >= 0.3 is 0 Å². The summed E-state index contributed by atoms with van der Waals surface area (Å²) in [6, 6.07) is 9.38. The number of carbonyl (C=O) groups excluding carboxylic acids is 1. The molecule has 1 aromatic carbocycles. The summed E-state index contributed by atoms with van der Waals surface area (Å²) < 4.78 is 0. The third kappa shape index (κ3) is 4.65. The van der Waals surface area contributed by atoms with Crippen molar-refractivity contribution in [3.8, 4) is 0 Å². The number of hydrogen-bond acceptors (Lipinski definition) is 3. The first-order valence-electron chi connectivity index (χ1n) is 6.96. The topological polar surface area (TPSA) is 61.4 Å². The van der Waals surface area contributed by atoms with Crippen molar-refractivity contribution < 1.29 is 9.90 Å². The first-order chi connectivity index (χ1) is 9.18. The molecule has 3 N–H and O–H groups in total. The fraction of sp³-hybridized carbons (Fsp3) is 0.533. The van der Waals surface area contributed by atoms with Crippen molar-refractivity contribution in [3.63, 3.8) is 0 Å². The van der Waals surface area contributed by atoms with Gasteiger partial charge in [0.05, 0.1) is 12.1 Å². The molecule has 1 saturated carbocycles. The van der Waals surface area contributed by atoms with E-state index in [2.05, 4.69) is 10.6 Å². The van der Waals surface area contributed by atoms with Crippen LogP contribution in [0.3, 0.4) is 0 Å². The fourth-order valence-electron chi connectivity index (χ4n) is 2.52. The zero-order valence-electron chi connectivity index (χ0n) is 11.2.